The molecule has 1 aliphatic heterocycles. The lowest BCUT2D eigenvalue weighted by atomic mass is 10.2. The van der Waals surface area contributed by atoms with Crippen LogP contribution in [0.3, 0.4) is 0 Å². The van der Waals surface area contributed by atoms with Gasteiger partial charge in [-0.2, -0.15) is 0 Å². The van der Waals surface area contributed by atoms with Gasteiger partial charge in [-0.15, -0.1) is 11.8 Å². The molecule has 0 aliphatic carbocycles. The molecule has 1 aromatic carbocycles. The fraction of sp³-hybridized carbons (Fsp3) is 0.429. The quantitative estimate of drug-likeness (QED) is 0.833. The summed E-state index contributed by atoms with van der Waals surface area (Å²) in [6.07, 6.45) is 1.98. The molecular formula is C14H18N2O4S. The fourth-order valence-corrected chi connectivity index (χ4v) is 2.92. The lowest BCUT2D eigenvalue weighted by molar-refractivity contribution is -0.141. The minimum Gasteiger partial charge on any atom is -0.480 e. The van der Waals surface area contributed by atoms with Gasteiger partial charge in [0.15, 0.2) is 0 Å². The number of nitrogens with zero attached hydrogens (tertiary/aromatic N) is 1. The number of carbonyl (C=O) groups is 2. The number of carbonyl (C=O) groups excluding carboxylic acids is 1. The summed E-state index contributed by atoms with van der Waals surface area (Å²) in [6, 6.07) is 6.14. The summed E-state index contributed by atoms with van der Waals surface area (Å²) in [5.74, 6) is -1.01. The Morgan fingerprint density at radius 1 is 1.43 bits per heavy atom. The van der Waals surface area contributed by atoms with Crippen LogP contribution >= 0.6 is 11.8 Å². The van der Waals surface area contributed by atoms with E-state index in [0.717, 1.165) is 4.90 Å². The van der Waals surface area contributed by atoms with E-state index in [4.69, 9.17) is 4.74 Å². The Morgan fingerprint density at radius 3 is 2.76 bits per heavy atom. The number of thioether (sulfide) groups is 1. The van der Waals surface area contributed by atoms with Crippen LogP contribution in [0.5, 0.6) is 0 Å². The van der Waals surface area contributed by atoms with Gasteiger partial charge in [0.05, 0.1) is 11.8 Å². The van der Waals surface area contributed by atoms with Crippen LogP contribution in [0.4, 0.5) is 10.5 Å². The molecule has 1 saturated heterocycles. The van der Waals surface area contributed by atoms with Crippen molar-refractivity contribution in [1.29, 1.82) is 0 Å². The molecule has 2 unspecified atom stereocenters. The molecule has 1 aromatic rings. The predicted molar refractivity (Wildman–Crippen MR) is 80.8 cm³/mol. The zero-order chi connectivity index (χ0) is 15.4. The number of aliphatic carboxylic acids is 1. The van der Waals surface area contributed by atoms with Gasteiger partial charge in [0.2, 0.25) is 0 Å². The van der Waals surface area contributed by atoms with E-state index >= 15 is 0 Å². The van der Waals surface area contributed by atoms with Gasteiger partial charge in [-0.1, -0.05) is 12.1 Å². The van der Waals surface area contributed by atoms with Crippen molar-refractivity contribution >= 4 is 29.4 Å². The van der Waals surface area contributed by atoms with Crippen molar-refractivity contribution in [1.82, 2.24) is 4.90 Å². The van der Waals surface area contributed by atoms with Crippen molar-refractivity contribution in [3.63, 3.8) is 0 Å². The maximum atomic E-state index is 12.3. The van der Waals surface area contributed by atoms with Gasteiger partial charge >= 0.3 is 12.0 Å². The van der Waals surface area contributed by atoms with Gasteiger partial charge in [-0.05, 0) is 18.4 Å². The second-order valence-electron chi connectivity index (χ2n) is 4.73. The number of nitrogens with one attached hydrogen (secondary N) is 1. The van der Waals surface area contributed by atoms with E-state index in [0.29, 0.717) is 12.1 Å². The van der Waals surface area contributed by atoms with Gasteiger partial charge in [0.25, 0.3) is 0 Å². The summed E-state index contributed by atoms with van der Waals surface area (Å²) in [5.41, 5.74) is 0.681. The van der Waals surface area contributed by atoms with Crippen LogP contribution < -0.4 is 5.32 Å². The number of carboxylic acids is 1. The first-order valence-corrected chi connectivity index (χ1v) is 7.75. The summed E-state index contributed by atoms with van der Waals surface area (Å²) in [7, 11) is 1.52. The third-order valence-corrected chi connectivity index (χ3v) is 4.29. The monoisotopic (exact) mass is 310 g/mol. The molecule has 0 aromatic heterocycles. The summed E-state index contributed by atoms with van der Waals surface area (Å²) < 4.78 is 5.18. The number of hydrogen-bond donors (Lipinski definition) is 2. The number of amides is 2. The number of likely N-dealkylation sites (tertiary alicyclic amines) is 1. The van der Waals surface area contributed by atoms with Crippen molar-refractivity contribution in [3.05, 3.63) is 24.3 Å². The molecular weight excluding hydrogens is 292 g/mol. The zero-order valence-electron chi connectivity index (χ0n) is 11.9. The highest BCUT2D eigenvalue weighted by atomic mass is 32.2. The Bertz CT molecular complexity index is 537. The molecule has 0 radical (unpaired) electrons. The first-order valence-electron chi connectivity index (χ1n) is 6.53. The first kappa shape index (κ1) is 15.7. The van der Waals surface area contributed by atoms with Gasteiger partial charge in [-0.25, -0.2) is 9.59 Å². The Kier molecular flexibility index (Phi) is 5.08. The normalized spacial score (nSPS) is 21.3. The summed E-state index contributed by atoms with van der Waals surface area (Å²) in [6.45, 7) is 0.279. The SMILES string of the molecule is COC1CC(C(=O)O)N(C(=O)Nc2ccccc2SC)C1. The van der Waals surface area contributed by atoms with Gasteiger partial charge < -0.3 is 20.1 Å². The third kappa shape index (κ3) is 3.48. The number of methoxy groups -OCH3 is 1. The predicted octanol–water partition coefficient (Wildman–Crippen LogP) is 2.11. The number of benzene rings is 1. The molecule has 0 spiro atoms. The van der Waals surface area contributed by atoms with Crippen molar-refractivity contribution in [2.75, 3.05) is 25.2 Å². The number of ether oxygens (including phenoxy) is 1. The number of para-hydroxylation sites is 1. The maximum Gasteiger partial charge on any atom is 0.326 e. The second kappa shape index (κ2) is 6.82. The molecule has 1 heterocycles. The van der Waals surface area contributed by atoms with Gasteiger partial charge in [0.1, 0.15) is 6.04 Å². The van der Waals surface area contributed by atoms with Crippen molar-refractivity contribution in [3.8, 4) is 0 Å². The molecule has 2 N–H and O–H groups in total. The summed E-state index contributed by atoms with van der Waals surface area (Å²) in [4.78, 5) is 25.9. The minimum absolute atomic E-state index is 0.243. The van der Waals surface area contributed by atoms with Crippen LogP contribution in [0.25, 0.3) is 0 Å². The topological polar surface area (TPSA) is 78.9 Å². The highest BCUT2D eigenvalue weighted by Gasteiger charge is 2.40. The largest absolute Gasteiger partial charge is 0.480 e. The smallest absolute Gasteiger partial charge is 0.326 e. The van der Waals surface area contributed by atoms with E-state index in [1.54, 1.807) is 6.07 Å². The number of urea groups is 1. The molecule has 114 valence electrons. The van der Waals surface area contributed by atoms with Crippen LogP contribution in [0.2, 0.25) is 0 Å². The van der Waals surface area contributed by atoms with E-state index < -0.39 is 18.0 Å². The Hall–Kier alpha value is -1.73. The highest BCUT2D eigenvalue weighted by molar-refractivity contribution is 7.98. The number of anilines is 1. The van der Waals surface area contributed by atoms with E-state index in [1.165, 1.54) is 23.8 Å². The zero-order valence-corrected chi connectivity index (χ0v) is 12.7. The molecule has 0 bridgehead atoms. The van der Waals surface area contributed by atoms with Gasteiger partial charge in [-0.3, -0.25) is 0 Å². The molecule has 21 heavy (non-hydrogen) atoms. The van der Waals surface area contributed by atoms with Crippen LogP contribution in [0.1, 0.15) is 6.42 Å². The maximum absolute atomic E-state index is 12.3. The van der Waals surface area contributed by atoms with Crippen LogP contribution in [0.15, 0.2) is 29.2 Å². The molecule has 2 amide bonds. The highest BCUT2D eigenvalue weighted by Crippen LogP contribution is 2.26. The lowest BCUT2D eigenvalue weighted by Gasteiger charge is -2.22. The molecule has 1 aliphatic rings. The van der Waals surface area contributed by atoms with E-state index in [-0.39, 0.29) is 12.6 Å². The summed E-state index contributed by atoms with van der Waals surface area (Å²) in [5, 5.41) is 12.0. The average Bonchev–Trinajstić information content (AvgIpc) is 2.92. The third-order valence-electron chi connectivity index (χ3n) is 3.49. The fourth-order valence-electron chi connectivity index (χ4n) is 2.36. The molecule has 2 rings (SSSR count). The van der Waals surface area contributed by atoms with Crippen LogP contribution in [0, 0.1) is 0 Å². The van der Waals surface area contributed by atoms with Crippen molar-refractivity contribution < 1.29 is 19.4 Å². The molecule has 2 atom stereocenters. The first-order chi connectivity index (χ1) is 10.1. The molecule has 6 nitrogen and oxygen atoms in total. The van der Waals surface area contributed by atoms with E-state index in [1.807, 2.05) is 24.5 Å². The standard InChI is InChI=1S/C14H18N2O4S/c1-20-9-7-11(13(17)18)16(8-9)14(19)15-10-5-3-4-6-12(10)21-2/h3-6,9,11H,7-8H2,1-2H3,(H,15,19)(H,17,18). The summed E-state index contributed by atoms with van der Waals surface area (Å²) >= 11 is 1.52. The second-order valence-corrected chi connectivity index (χ2v) is 5.58. The van der Waals surface area contributed by atoms with Crippen LogP contribution in [-0.2, 0) is 9.53 Å². The van der Waals surface area contributed by atoms with Crippen molar-refractivity contribution in [2.24, 2.45) is 0 Å². The Balaban J connectivity index is 2.13. The van der Waals surface area contributed by atoms with E-state index in [9.17, 15) is 14.7 Å². The van der Waals surface area contributed by atoms with Gasteiger partial charge in [0, 0.05) is 25.0 Å². The van der Waals surface area contributed by atoms with Crippen LogP contribution in [-0.4, -0.2) is 54.1 Å². The number of rotatable bonds is 4. The Labute approximate surface area is 127 Å². The molecule has 1 fully saturated rings. The molecule has 7 heteroatoms. The molecule has 0 saturated carbocycles. The van der Waals surface area contributed by atoms with Crippen molar-refractivity contribution in [2.45, 2.75) is 23.5 Å². The lowest BCUT2D eigenvalue weighted by Crippen LogP contribution is -2.43. The minimum atomic E-state index is -1.01. The van der Waals surface area contributed by atoms with E-state index in [2.05, 4.69) is 5.32 Å². The number of hydrogen-bond acceptors (Lipinski definition) is 4. The Morgan fingerprint density at radius 2 is 2.14 bits per heavy atom. The number of carboxylic acid groups (broad SMARTS) is 1. The average molecular weight is 310 g/mol.